The van der Waals surface area contributed by atoms with Gasteiger partial charge in [-0.15, -0.1) is 0 Å². The second kappa shape index (κ2) is 7.55. The van der Waals surface area contributed by atoms with Crippen LogP contribution in [0.2, 0.25) is 0 Å². The predicted molar refractivity (Wildman–Crippen MR) is 88.1 cm³/mol. The number of hydrogen-bond acceptors (Lipinski definition) is 4. The highest BCUT2D eigenvalue weighted by molar-refractivity contribution is 6.02. The first-order valence-electron chi connectivity index (χ1n) is 8.73. The molecule has 6 heteroatoms. The first kappa shape index (κ1) is 16.6. The summed E-state index contributed by atoms with van der Waals surface area (Å²) in [5, 5.41) is 0. The molecule has 1 saturated heterocycles. The molecule has 24 heavy (non-hydrogen) atoms. The first-order chi connectivity index (χ1) is 11.6. The minimum atomic E-state index is -0.182. The lowest BCUT2D eigenvalue weighted by Crippen LogP contribution is -2.34. The Morgan fingerprint density at radius 2 is 1.79 bits per heavy atom. The van der Waals surface area contributed by atoms with Gasteiger partial charge in [-0.2, -0.15) is 0 Å². The summed E-state index contributed by atoms with van der Waals surface area (Å²) in [6.45, 7) is 0.154. The Bertz CT molecular complexity index is 685. The van der Waals surface area contributed by atoms with Crippen molar-refractivity contribution in [2.45, 2.75) is 57.4 Å². The molecule has 2 aliphatic rings. The molecule has 1 aliphatic heterocycles. The summed E-state index contributed by atoms with van der Waals surface area (Å²) in [7, 11) is 0. The van der Waals surface area contributed by atoms with Crippen LogP contribution in [0, 0.1) is 0 Å². The van der Waals surface area contributed by atoms with Crippen LogP contribution in [-0.4, -0.2) is 39.8 Å². The Hall–Kier alpha value is -2.24. The van der Waals surface area contributed by atoms with Gasteiger partial charge >= 0.3 is 0 Å². The van der Waals surface area contributed by atoms with E-state index >= 15 is 0 Å². The van der Waals surface area contributed by atoms with E-state index in [4.69, 9.17) is 4.99 Å². The van der Waals surface area contributed by atoms with Crippen molar-refractivity contribution in [2.24, 2.45) is 4.99 Å². The standard InChI is InChI=1S/C18H23N3O3/c22-16-9-10-17(23)21(16)13-11-18(24)20-12-5-4-8-15(20)19-14-6-2-1-3-7-14/h4-5,8,12,14H,1-3,6-7,9-11,13H2. The van der Waals surface area contributed by atoms with Gasteiger partial charge in [-0.1, -0.05) is 25.3 Å². The molecule has 2 heterocycles. The summed E-state index contributed by atoms with van der Waals surface area (Å²) in [4.78, 5) is 41.7. The highest BCUT2D eigenvalue weighted by Gasteiger charge is 2.28. The van der Waals surface area contributed by atoms with Gasteiger partial charge in [0.25, 0.3) is 0 Å². The number of pyridine rings is 1. The Morgan fingerprint density at radius 1 is 1.08 bits per heavy atom. The third kappa shape index (κ3) is 3.80. The highest BCUT2D eigenvalue weighted by atomic mass is 16.2. The molecule has 0 atom stereocenters. The van der Waals surface area contributed by atoms with Gasteiger partial charge in [0.1, 0.15) is 5.49 Å². The third-order valence-corrected chi connectivity index (χ3v) is 4.70. The SMILES string of the molecule is O=C1CCC(=O)N1CCC(=O)n1ccccc1=NC1CCCCC1. The molecule has 1 saturated carbocycles. The van der Waals surface area contributed by atoms with Crippen molar-refractivity contribution < 1.29 is 14.4 Å². The second-order valence-electron chi connectivity index (χ2n) is 6.43. The quantitative estimate of drug-likeness (QED) is 0.792. The molecule has 0 unspecified atom stereocenters. The van der Waals surface area contributed by atoms with Crippen molar-refractivity contribution in [3.63, 3.8) is 0 Å². The highest BCUT2D eigenvalue weighted by Crippen LogP contribution is 2.19. The molecule has 0 aromatic carbocycles. The molecule has 6 nitrogen and oxygen atoms in total. The zero-order valence-electron chi connectivity index (χ0n) is 13.8. The fourth-order valence-corrected chi connectivity index (χ4v) is 3.35. The lowest BCUT2D eigenvalue weighted by molar-refractivity contribution is -0.138. The molecule has 1 aromatic rings. The monoisotopic (exact) mass is 329 g/mol. The molecule has 1 aromatic heterocycles. The van der Waals surface area contributed by atoms with Crippen molar-refractivity contribution in [3.8, 4) is 0 Å². The fourth-order valence-electron chi connectivity index (χ4n) is 3.35. The van der Waals surface area contributed by atoms with E-state index in [2.05, 4.69) is 0 Å². The van der Waals surface area contributed by atoms with Crippen molar-refractivity contribution in [1.29, 1.82) is 0 Å². The summed E-state index contributed by atoms with van der Waals surface area (Å²) < 4.78 is 1.54. The van der Waals surface area contributed by atoms with E-state index in [1.807, 2.05) is 12.1 Å². The van der Waals surface area contributed by atoms with Crippen LogP contribution in [0.3, 0.4) is 0 Å². The van der Waals surface area contributed by atoms with Crippen LogP contribution in [0.1, 0.15) is 56.2 Å². The molecule has 0 bridgehead atoms. The Labute approximate surface area is 141 Å². The van der Waals surface area contributed by atoms with Crippen LogP contribution >= 0.6 is 0 Å². The molecule has 1 aliphatic carbocycles. The summed E-state index contributed by atoms with van der Waals surface area (Å²) in [6, 6.07) is 5.80. The van der Waals surface area contributed by atoms with Gasteiger partial charge in [0.2, 0.25) is 17.7 Å². The van der Waals surface area contributed by atoms with E-state index in [0.29, 0.717) is 5.49 Å². The van der Waals surface area contributed by atoms with Crippen LogP contribution in [-0.2, 0) is 9.59 Å². The molecule has 0 radical (unpaired) electrons. The Kier molecular flexibility index (Phi) is 5.23. The number of imide groups is 1. The summed E-state index contributed by atoms with van der Waals surface area (Å²) in [6.07, 6.45) is 8.12. The number of likely N-dealkylation sites (tertiary alicyclic amines) is 1. The average Bonchev–Trinajstić information content (AvgIpc) is 2.92. The fraction of sp³-hybridized carbons (Fsp3) is 0.556. The maximum atomic E-state index is 12.5. The maximum absolute atomic E-state index is 12.5. The number of aromatic nitrogens is 1. The summed E-state index contributed by atoms with van der Waals surface area (Å²) in [5.41, 5.74) is 0.661. The maximum Gasteiger partial charge on any atom is 0.234 e. The van der Waals surface area contributed by atoms with Crippen LogP contribution in [0.5, 0.6) is 0 Å². The van der Waals surface area contributed by atoms with Crippen LogP contribution in [0.4, 0.5) is 0 Å². The second-order valence-corrected chi connectivity index (χ2v) is 6.43. The molecule has 3 rings (SSSR count). The van der Waals surface area contributed by atoms with Gasteiger partial charge in [0, 0.05) is 32.0 Å². The molecular formula is C18H23N3O3. The van der Waals surface area contributed by atoms with Crippen molar-refractivity contribution in [3.05, 3.63) is 29.9 Å². The minimum Gasteiger partial charge on any atom is -0.282 e. The lowest BCUT2D eigenvalue weighted by Gasteiger charge is -2.18. The predicted octanol–water partition coefficient (Wildman–Crippen LogP) is 1.90. The van der Waals surface area contributed by atoms with E-state index in [1.165, 1.54) is 24.2 Å². The number of amides is 2. The first-order valence-corrected chi connectivity index (χ1v) is 8.73. The van der Waals surface area contributed by atoms with Gasteiger partial charge in [-0.25, -0.2) is 0 Å². The van der Waals surface area contributed by atoms with E-state index in [9.17, 15) is 14.4 Å². The van der Waals surface area contributed by atoms with Crippen LogP contribution < -0.4 is 5.49 Å². The molecule has 2 amide bonds. The van der Waals surface area contributed by atoms with Gasteiger partial charge in [0.05, 0.1) is 6.04 Å². The molecule has 128 valence electrons. The molecular weight excluding hydrogens is 306 g/mol. The zero-order valence-corrected chi connectivity index (χ0v) is 13.8. The Balaban J connectivity index is 1.71. The topological polar surface area (TPSA) is 71.7 Å². The van der Waals surface area contributed by atoms with Crippen molar-refractivity contribution in [1.82, 2.24) is 9.47 Å². The molecule has 0 spiro atoms. The van der Waals surface area contributed by atoms with Crippen molar-refractivity contribution in [2.75, 3.05) is 6.54 Å². The van der Waals surface area contributed by atoms with Gasteiger partial charge in [-0.3, -0.25) is 28.8 Å². The molecule has 0 N–H and O–H groups in total. The van der Waals surface area contributed by atoms with Gasteiger partial charge in [0.15, 0.2) is 0 Å². The summed E-state index contributed by atoms with van der Waals surface area (Å²) in [5.74, 6) is -0.506. The van der Waals surface area contributed by atoms with E-state index in [1.54, 1.807) is 16.8 Å². The number of carbonyl (C=O) groups is 3. The number of nitrogens with zero attached hydrogens (tertiary/aromatic N) is 3. The van der Waals surface area contributed by atoms with Gasteiger partial charge < -0.3 is 0 Å². The normalized spacial score (nSPS) is 20.0. The largest absolute Gasteiger partial charge is 0.282 e. The van der Waals surface area contributed by atoms with Crippen LogP contribution in [0.15, 0.2) is 29.4 Å². The van der Waals surface area contributed by atoms with Gasteiger partial charge in [-0.05, 0) is 25.0 Å². The Morgan fingerprint density at radius 3 is 2.50 bits per heavy atom. The van der Waals surface area contributed by atoms with E-state index in [0.717, 1.165) is 12.8 Å². The summed E-state index contributed by atoms with van der Waals surface area (Å²) >= 11 is 0. The van der Waals surface area contributed by atoms with Crippen molar-refractivity contribution >= 4 is 17.7 Å². The zero-order chi connectivity index (χ0) is 16.9. The van der Waals surface area contributed by atoms with E-state index in [-0.39, 0.29) is 49.6 Å². The van der Waals surface area contributed by atoms with Crippen LogP contribution in [0.25, 0.3) is 0 Å². The minimum absolute atomic E-state index is 0.124. The number of rotatable bonds is 4. The number of carbonyl (C=O) groups excluding carboxylic acids is 3. The lowest BCUT2D eigenvalue weighted by atomic mass is 9.96. The third-order valence-electron chi connectivity index (χ3n) is 4.70. The average molecular weight is 329 g/mol. The molecule has 2 fully saturated rings. The van der Waals surface area contributed by atoms with E-state index < -0.39 is 0 Å². The number of hydrogen-bond donors (Lipinski definition) is 0. The smallest absolute Gasteiger partial charge is 0.234 e.